The highest BCUT2D eigenvalue weighted by molar-refractivity contribution is 6.04. The van der Waals surface area contributed by atoms with Crippen molar-refractivity contribution in [1.29, 1.82) is 0 Å². The average molecular weight is 451 g/mol. The monoisotopic (exact) mass is 450 g/mol. The predicted octanol–water partition coefficient (Wildman–Crippen LogP) is 4.62. The van der Waals surface area contributed by atoms with Crippen LogP contribution in [0.1, 0.15) is 47.8 Å². The van der Waals surface area contributed by atoms with E-state index in [1.807, 2.05) is 39.0 Å². The molecule has 2 aromatic carbocycles. The molecular weight excluding hydrogens is 423 g/mol. The van der Waals surface area contributed by atoms with E-state index in [1.165, 1.54) is 12.1 Å². The fourth-order valence-electron chi connectivity index (χ4n) is 3.72. The van der Waals surface area contributed by atoms with E-state index >= 15 is 0 Å². The number of amides is 2. The summed E-state index contributed by atoms with van der Waals surface area (Å²) in [4.78, 5) is 26.8. The van der Waals surface area contributed by atoms with Crippen molar-refractivity contribution in [1.82, 2.24) is 14.7 Å². The van der Waals surface area contributed by atoms with Crippen molar-refractivity contribution >= 4 is 17.7 Å². The number of anilines is 1. The molecule has 0 spiro atoms. The molecule has 1 aliphatic heterocycles. The lowest BCUT2D eigenvalue weighted by atomic mass is 9.97. The highest BCUT2D eigenvalue weighted by Crippen LogP contribution is 2.23. The molecule has 3 aromatic rings. The Bertz CT molecular complexity index is 1180. The first-order chi connectivity index (χ1) is 15.7. The number of hydrogen-bond donors (Lipinski definition) is 1. The van der Waals surface area contributed by atoms with Gasteiger partial charge in [-0.2, -0.15) is 5.10 Å². The third kappa shape index (κ3) is 5.77. The van der Waals surface area contributed by atoms with Crippen LogP contribution in [0.15, 0.2) is 54.9 Å². The molecule has 0 radical (unpaired) electrons. The van der Waals surface area contributed by atoms with Crippen molar-refractivity contribution in [3.8, 4) is 0 Å². The van der Waals surface area contributed by atoms with Crippen LogP contribution < -0.4 is 5.32 Å². The van der Waals surface area contributed by atoms with Crippen LogP contribution in [-0.4, -0.2) is 38.8 Å². The number of rotatable bonds is 4. The Morgan fingerprint density at radius 2 is 1.97 bits per heavy atom. The number of nitrogens with zero attached hydrogens (tertiary/aromatic N) is 3. The molecule has 0 fully saturated rings. The van der Waals surface area contributed by atoms with E-state index in [-0.39, 0.29) is 17.8 Å². The molecule has 0 saturated carbocycles. The van der Waals surface area contributed by atoms with Crippen LogP contribution >= 0.6 is 0 Å². The van der Waals surface area contributed by atoms with E-state index in [1.54, 1.807) is 34.1 Å². The Morgan fingerprint density at radius 1 is 1.15 bits per heavy atom. The summed E-state index contributed by atoms with van der Waals surface area (Å²) in [6, 6.07) is 11.8. The smallest absolute Gasteiger partial charge is 0.410 e. The van der Waals surface area contributed by atoms with Crippen LogP contribution in [0.5, 0.6) is 0 Å². The minimum atomic E-state index is -0.537. The largest absolute Gasteiger partial charge is 0.444 e. The second kappa shape index (κ2) is 9.05. The number of carbonyl (C=O) groups excluding carboxylic acids is 2. The number of hydrogen-bond acceptors (Lipinski definition) is 4. The normalized spacial score (nSPS) is 13.4. The molecule has 1 N–H and O–H groups in total. The van der Waals surface area contributed by atoms with Gasteiger partial charge in [-0.3, -0.25) is 9.48 Å². The number of fused-ring (bicyclic) bond motifs is 1. The third-order valence-electron chi connectivity index (χ3n) is 5.26. The van der Waals surface area contributed by atoms with Gasteiger partial charge in [0.05, 0.1) is 18.4 Å². The van der Waals surface area contributed by atoms with Crippen LogP contribution in [0.25, 0.3) is 0 Å². The van der Waals surface area contributed by atoms with Crippen molar-refractivity contribution in [3.63, 3.8) is 0 Å². The van der Waals surface area contributed by atoms with E-state index < -0.39 is 5.60 Å². The Labute approximate surface area is 192 Å². The van der Waals surface area contributed by atoms with Crippen molar-refractivity contribution in [2.75, 3.05) is 11.9 Å². The highest BCUT2D eigenvalue weighted by atomic mass is 19.1. The maximum absolute atomic E-state index is 13.4. The zero-order valence-corrected chi connectivity index (χ0v) is 19.0. The minimum absolute atomic E-state index is 0.238. The first kappa shape index (κ1) is 22.5. The van der Waals surface area contributed by atoms with Crippen LogP contribution in [0.3, 0.4) is 0 Å². The number of nitrogens with one attached hydrogen (secondary N) is 1. The second-order valence-corrected chi connectivity index (χ2v) is 9.15. The lowest BCUT2D eigenvalue weighted by Gasteiger charge is -2.31. The third-order valence-corrected chi connectivity index (χ3v) is 5.26. The molecule has 4 rings (SSSR count). The highest BCUT2D eigenvalue weighted by Gasteiger charge is 2.26. The maximum Gasteiger partial charge on any atom is 0.410 e. The van der Waals surface area contributed by atoms with Crippen LogP contribution in [0, 0.1) is 5.82 Å². The molecule has 0 aliphatic carbocycles. The number of carbonyl (C=O) groups is 2. The predicted molar refractivity (Wildman–Crippen MR) is 122 cm³/mol. The van der Waals surface area contributed by atoms with Gasteiger partial charge < -0.3 is 15.0 Å². The van der Waals surface area contributed by atoms with Gasteiger partial charge in [0.15, 0.2) is 0 Å². The van der Waals surface area contributed by atoms with Crippen LogP contribution in [0.2, 0.25) is 0 Å². The van der Waals surface area contributed by atoms with E-state index in [0.717, 1.165) is 16.7 Å². The van der Waals surface area contributed by atoms with Crippen molar-refractivity contribution in [2.45, 2.75) is 45.9 Å². The minimum Gasteiger partial charge on any atom is -0.444 e. The Balaban J connectivity index is 1.38. The fraction of sp³-hybridized carbons (Fsp3) is 0.320. The quantitative estimate of drug-likeness (QED) is 0.630. The maximum atomic E-state index is 13.4. The van der Waals surface area contributed by atoms with Gasteiger partial charge in [0.1, 0.15) is 11.4 Å². The first-order valence-electron chi connectivity index (χ1n) is 10.8. The molecule has 2 amide bonds. The first-order valence-corrected chi connectivity index (χ1v) is 10.8. The average Bonchev–Trinajstić information content (AvgIpc) is 3.18. The van der Waals surface area contributed by atoms with Gasteiger partial charge in [0.25, 0.3) is 5.91 Å². The summed E-state index contributed by atoms with van der Waals surface area (Å²) < 4.78 is 20.5. The number of halogens is 1. The van der Waals surface area contributed by atoms with Gasteiger partial charge in [-0.05, 0) is 68.1 Å². The molecule has 1 aliphatic rings. The van der Waals surface area contributed by atoms with Gasteiger partial charge in [0, 0.05) is 24.8 Å². The molecule has 0 bridgehead atoms. The van der Waals surface area contributed by atoms with E-state index in [9.17, 15) is 14.0 Å². The van der Waals surface area contributed by atoms with Gasteiger partial charge in [0.2, 0.25) is 0 Å². The molecule has 1 aromatic heterocycles. The second-order valence-electron chi connectivity index (χ2n) is 9.15. The molecule has 172 valence electrons. The molecule has 0 unspecified atom stereocenters. The van der Waals surface area contributed by atoms with Gasteiger partial charge in [-0.1, -0.05) is 18.2 Å². The van der Waals surface area contributed by atoms with Crippen molar-refractivity contribution in [3.05, 3.63) is 82.9 Å². The van der Waals surface area contributed by atoms with Crippen molar-refractivity contribution in [2.24, 2.45) is 0 Å². The van der Waals surface area contributed by atoms with E-state index in [4.69, 9.17) is 4.74 Å². The number of ether oxygens (including phenoxy) is 1. The van der Waals surface area contributed by atoms with Gasteiger partial charge in [-0.15, -0.1) is 0 Å². The van der Waals surface area contributed by atoms with Crippen LogP contribution in [0.4, 0.5) is 14.9 Å². The molecule has 8 heteroatoms. The summed E-state index contributed by atoms with van der Waals surface area (Å²) in [7, 11) is 0. The zero-order chi connectivity index (χ0) is 23.6. The lowest BCUT2D eigenvalue weighted by molar-refractivity contribution is 0.0224. The Kier molecular flexibility index (Phi) is 6.18. The summed E-state index contributed by atoms with van der Waals surface area (Å²) in [5.41, 5.74) is 3.40. The Hall–Kier alpha value is -3.68. The molecular formula is C25H27FN4O3. The molecule has 0 atom stereocenters. The van der Waals surface area contributed by atoms with Gasteiger partial charge in [-0.25, -0.2) is 9.18 Å². The molecule has 2 heterocycles. The summed E-state index contributed by atoms with van der Waals surface area (Å²) in [5, 5.41) is 7.09. The number of benzene rings is 2. The Morgan fingerprint density at radius 3 is 2.73 bits per heavy atom. The SMILES string of the molecule is CC(C)(C)OC(=O)N1CCc2cc(C(=O)Nc3cnn(Cc4cccc(F)c4)c3)ccc2C1. The summed E-state index contributed by atoms with van der Waals surface area (Å²) in [5.74, 6) is -0.535. The standard InChI is InChI=1S/C25H27FN4O3/c1-25(2,3)33-24(32)29-10-9-18-12-19(7-8-20(18)15-29)23(31)28-22-13-27-30(16-22)14-17-5-4-6-21(26)11-17/h4-8,11-13,16H,9-10,14-15H2,1-3H3,(H,28,31). The molecule has 7 nitrogen and oxygen atoms in total. The topological polar surface area (TPSA) is 76.5 Å². The summed E-state index contributed by atoms with van der Waals surface area (Å²) in [6.07, 6.45) is 3.60. The summed E-state index contributed by atoms with van der Waals surface area (Å²) in [6.45, 7) is 6.94. The van der Waals surface area contributed by atoms with E-state index in [2.05, 4.69) is 10.4 Å². The summed E-state index contributed by atoms with van der Waals surface area (Å²) >= 11 is 0. The lowest BCUT2D eigenvalue weighted by Crippen LogP contribution is -2.39. The molecule has 0 saturated heterocycles. The van der Waals surface area contributed by atoms with E-state index in [0.29, 0.717) is 37.3 Å². The van der Waals surface area contributed by atoms with Crippen molar-refractivity contribution < 1.29 is 18.7 Å². The number of aromatic nitrogens is 2. The van der Waals surface area contributed by atoms with Crippen LogP contribution in [-0.2, 0) is 24.2 Å². The van der Waals surface area contributed by atoms with Gasteiger partial charge >= 0.3 is 6.09 Å². The zero-order valence-electron chi connectivity index (χ0n) is 19.0. The fourth-order valence-corrected chi connectivity index (χ4v) is 3.72. The molecule has 33 heavy (non-hydrogen) atoms.